The molecule has 0 spiro atoms. The summed E-state index contributed by atoms with van der Waals surface area (Å²) in [5, 5.41) is 9.97. The second kappa shape index (κ2) is 5.04. The van der Waals surface area contributed by atoms with Gasteiger partial charge < -0.3 is 0 Å². The molecule has 0 aliphatic heterocycles. The summed E-state index contributed by atoms with van der Waals surface area (Å²) < 4.78 is 40.8. The third-order valence-electron chi connectivity index (χ3n) is 3.09. The lowest BCUT2D eigenvalue weighted by Gasteiger charge is -2.07. The van der Waals surface area contributed by atoms with E-state index in [0.29, 0.717) is 10.3 Å². The zero-order valence-corrected chi connectivity index (χ0v) is 12.0. The van der Waals surface area contributed by atoms with E-state index >= 15 is 0 Å². The third-order valence-corrected chi connectivity index (χ3v) is 3.09. The summed E-state index contributed by atoms with van der Waals surface area (Å²) >= 11 is 0. The first-order valence-electron chi connectivity index (χ1n) is 6.36. The molecule has 0 aliphatic rings. The minimum atomic E-state index is -4.61. The van der Waals surface area contributed by atoms with Gasteiger partial charge in [0.15, 0.2) is 11.3 Å². The van der Waals surface area contributed by atoms with Crippen molar-refractivity contribution < 1.29 is 18.0 Å². The topological polar surface area (TPSA) is 90.0 Å². The number of amides is 1. The van der Waals surface area contributed by atoms with Gasteiger partial charge in [-0.1, -0.05) is 0 Å². The monoisotopic (exact) mass is 325 g/mol. The van der Waals surface area contributed by atoms with Crippen molar-refractivity contribution in [2.75, 3.05) is 5.32 Å². The summed E-state index contributed by atoms with van der Waals surface area (Å²) in [6.45, 7) is 1.69. The number of carbonyl (C=O) groups excluding carboxylic acids is 1. The van der Waals surface area contributed by atoms with E-state index in [1.165, 1.54) is 4.68 Å². The number of nitrogens with one attached hydrogen (secondary N) is 1. The number of hydrogen-bond acceptors (Lipinski definition) is 5. The average molecular weight is 325 g/mol. The van der Waals surface area contributed by atoms with Crippen molar-refractivity contribution >= 4 is 17.5 Å². The highest BCUT2D eigenvalue weighted by Gasteiger charge is 2.34. The van der Waals surface area contributed by atoms with Crippen LogP contribution in [0.1, 0.15) is 22.0 Å². The van der Waals surface area contributed by atoms with Crippen molar-refractivity contribution in [3.8, 4) is 0 Å². The maximum absolute atomic E-state index is 12.9. The van der Waals surface area contributed by atoms with Crippen molar-refractivity contribution in [1.29, 1.82) is 0 Å². The first-order chi connectivity index (χ1) is 10.8. The minimum absolute atomic E-state index is 0.0380. The lowest BCUT2D eigenvalue weighted by molar-refractivity contribution is -0.142. The van der Waals surface area contributed by atoms with Crippen LogP contribution in [0, 0.1) is 6.92 Å². The van der Waals surface area contributed by atoms with Crippen molar-refractivity contribution in [1.82, 2.24) is 29.4 Å². The van der Waals surface area contributed by atoms with E-state index in [0.717, 1.165) is 18.3 Å². The van der Waals surface area contributed by atoms with Gasteiger partial charge >= 0.3 is 6.18 Å². The van der Waals surface area contributed by atoms with Crippen molar-refractivity contribution in [3.63, 3.8) is 0 Å². The molecule has 0 saturated carbocycles. The minimum Gasteiger partial charge on any atom is -0.288 e. The fraction of sp³-hybridized carbons (Fsp3) is 0.250. The first-order valence-corrected chi connectivity index (χ1v) is 6.36. The number of alkyl halides is 3. The highest BCUT2D eigenvalue weighted by Crippen LogP contribution is 2.29. The molecule has 0 aliphatic carbocycles. The van der Waals surface area contributed by atoms with Gasteiger partial charge in [-0.05, 0) is 13.0 Å². The Hall–Kier alpha value is -2.98. The SMILES string of the molecule is Cc1nc(NC(=O)c2cc3nccc(C(F)(F)F)n3n2)nn1C. The molecule has 3 aromatic rings. The Bertz CT molecular complexity index is 876. The Balaban J connectivity index is 1.95. The van der Waals surface area contributed by atoms with Crippen LogP contribution in [0.4, 0.5) is 19.1 Å². The quantitative estimate of drug-likeness (QED) is 0.770. The number of carbonyl (C=O) groups is 1. The Morgan fingerprint density at radius 2 is 2.04 bits per heavy atom. The number of rotatable bonds is 2. The van der Waals surface area contributed by atoms with Crippen LogP contribution < -0.4 is 5.32 Å². The molecule has 0 fully saturated rings. The molecule has 0 bridgehead atoms. The van der Waals surface area contributed by atoms with Crippen LogP contribution in [0.15, 0.2) is 18.3 Å². The Morgan fingerprint density at radius 1 is 1.30 bits per heavy atom. The van der Waals surface area contributed by atoms with Gasteiger partial charge in [-0.15, -0.1) is 5.10 Å². The molecule has 0 saturated heterocycles. The van der Waals surface area contributed by atoms with Crippen LogP contribution in [-0.2, 0) is 13.2 Å². The normalized spacial score (nSPS) is 11.9. The fourth-order valence-corrected chi connectivity index (χ4v) is 1.90. The molecular weight excluding hydrogens is 315 g/mol. The predicted octanol–water partition coefficient (Wildman–Crippen LogP) is 1.44. The highest BCUT2D eigenvalue weighted by molar-refractivity contribution is 6.02. The van der Waals surface area contributed by atoms with Crippen LogP contribution in [0.2, 0.25) is 0 Å². The molecule has 0 aromatic carbocycles. The number of hydrogen-bond donors (Lipinski definition) is 1. The zero-order valence-electron chi connectivity index (χ0n) is 12.0. The lowest BCUT2D eigenvalue weighted by Crippen LogP contribution is -2.16. The molecule has 23 heavy (non-hydrogen) atoms. The van der Waals surface area contributed by atoms with Gasteiger partial charge in [0.05, 0.1) is 0 Å². The van der Waals surface area contributed by atoms with Gasteiger partial charge in [0, 0.05) is 19.3 Å². The molecule has 8 nitrogen and oxygen atoms in total. The van der Waals surface area contributed by atoms with Gasteiger partial charge in [0.2, 0.25) is 5.95 Å². The van der Waals surface area contributed by atoms with E-state index < -0.39 is 17.8 Å². The van der Waals surface area contributed by atoms with Gasteiger partial charge in [-0.25, -0.2) is 9.50 Å². The van der Waals surface area contributed by atoms with E-state index in [1.807, 2.05) is 0 Å². The average Bonchev–Trinajstić information content (AvgIpc) is 3.01. The molecule has 1 amide bonds. The molecule has 0 unspecified atom stereocenters. The fourth-order valence-electron chi connectivity index (χ4n) is 1.90. The second-order valence-electron chi connectivity index (χ2n) is 4.69. The van der Waals surface area contributed by atoms with E-state index in [9.17, 15) is 18.0 Å². The van der Waals surface area contributed by atoms with Crippen LogP contribution in [0.25, 0.3) is 5.65 Å². The van der Waals surface area contributed by atoms with Gasteiger partial charge in [-0.2, -0.15) is 23.3 Å². The largest absolute Gasteiger partial charge is 0.433 e. The van der Waals surface area contributed by atoms with Gasteiger partial charge in [0.25, 0.3) is 5.91 Å². The van der Waals surface area contributed by atoms with E-state index in [1.54, 1.807) is 14.0 Å². The number of aryl methyl sites for hydroxylation is 2. The van der Waals surface area contributed by atoms with Crippen LogP contribution in [-0.4, -0.2) is 35.3 Å². The molecule has 3 heterocycles. The zero-order chi connectivity index (χ0) is 16.8. The first kappa shape index (κ1) is 14.9. The number of nitrogens with zero attached hydrogens (tertiary/aromatic N) is 6. The number of fused-ring (bicyclic) bond motifs is 1. The molecule has 3 rings (SSSR count). The summed E-state index contributed by atoms with van der Waals surface area (Å²) in [6.07, 6.45) is -3.61. The Kier molecular flexibility index (Phi) is 3.27. The number of aromatic nitrogens is 6. The molecular formula is C12H10F3N7O. The highest BCUT2D eigenvalue weighted by atomic mass is 19.4. The summed E-state index contributed by atoms with van der Waals surface area (Å²) in [5.41, 5.74) is -1.33. The summed E-state index contributed by atoms with van der Waals surface area (Å²) in [4.78, 5) is 19.8. The van der Waals surface area contributed by atoms with Gasteiger partial charge in [0.1, 0.15) is 11.5 Å². The predicted molar refractivity (Wildman–Crippen MR) is 71.7 cm³/mol. The summed E-state index contributed by atoms with van der Waals surface area (Å²) in [6, 6.07) is 1.94. The number of anilines is 1. The number of halogens is 3. The Labute approximate surface area is 127 Å². The lowest BCUT2D eigenvalue weighted by atomic mass is 10.4. The smallest absolute Gasteiger partial charge is 0.288 e. The maximum Gasteiger partial charge on any atom is 0.433 e. The van der Waals surface area contributed by atoms with E-state index in [2.05, 4.69) is 25.5 Å². The Morgan fingerprint density at radius 3 is 2.65 bits per heavy atom. The molecule has 0 radical (unpaired) electrons. The molecule has 0 atom stereocenters. The van der Waals surface area contributed by atoms with Crippen molar-refractivity contribution in [3.05, 3.63) is 35.5 Å². The van der Waals surface area contributed by atoms with Crippen LogP contribution in [0.3, 0.4) is 0 Å². The molecule has 11 heteroatoms. The second-order valence-corrected chi connectivity index (χ2v) is 4.69. The third kappa shape index (κ3) is 2.72. The van der Waals surface area contributed by atoms with Crippen molar-refractivity contribution in [2.24, 2.45) is 7.05 Å². The molecule has 3 aromatic heterocycles. The molecule has 120 valence electrons. The van der Waals surface area contributed by atoms with E-state index in [-0.39, 0.29) is 17.3 Å². The standard InChI is InChI=1S/C12H10F3N7O/c1-6-17-11(20-21(6)2)18-10(23)7-5-9-16-4-3-8(12(13,14)15)22(9)19-7/h3-5H,1-2H3,(H,18,20,23). The van der Waals surface area contributed by atoms with E-state index in [4.69, 9.17) is 0 Å². The summed E-state index contributed by atoms with van der Waals surface area (Å²) in [7, 11) is 1.64. The molecule has 1 N–H and O–H groups in total. The maximum atomic E-state index is 12.9. The van der Waals surface area contributed by atoms with Crippen molar-refractivity contribution in [2.45, 2.75) is 13.1 Å². The summed E-state index contributed by atoms with van der Waals surface area (Å²) in [5.74, 6) is -0.124. The van der Waals surface area contributed by atoms with Crippen LogP contribution >= 0.6 is 0 Å². The van der Waals surface area contributed by atoms with Crippen LogP contribution in [0.5, 0.6) is 0 Å². The van der Waals surface area contributed by atoms with Gasteiger partial charge in [-0.3, -0.25) is 14.8 Å².